The molecule has 0 amide bonds. The number of para-hydroxylation sites is 3. The molecule has 0 aromatic heterocycles. The van der Waals surface area contributed by atoms with E-state index in [1.807, 2.05) is 0 Å². The molecule has 3 unspecified atom stereocenters. The second kappa shape index (κ2) is 70.0. The highest BCUT2D eigenvalue weighted by Crippen LogP contribution is 2.54. The summed E-state index contributed by atoms with van der Waals surface area (Å²) in [6.45, 7) is 46.2. The highest BCUT2D eigenvalue weighted by Gasteiger charge is 2.35. The number of rotatable bonds is 80. The van der Waals surface area contributed by atoms with E-state index in [-0.39, 0.29) is 28.1 Å². The molecule has 0 aliphatic heterocycles. The molecule has 0 aliphatic rings. The van der Waals surface area contributed by atoms with Gasteiger partial charge in [0.15, 0.2) is 0 Å². The lowest BCUT2D eigenvalue weighted by Crippen LogP contribution is -2.19. The Morgan fingerprint density at radius 2 is 0.444 bits per heavy atom. The van der Waals surface area contributed by atoms with E-state index in [2.05, 4.69) is 241 Å². The molecule has 133 heavy (non-hydrogen) atoms. The summed E-state index contributed by atoms with van der Waals surface area (Å²) in [5.74, 6) is 5.01. The van der Waals surface area contributed by atoms with E-state index in [1.54, 1.807) is 0 Å². The van der Waals surface area contributed by atoms with Gasteiger partial charge < -0.3 is 36.2 Å². The maximum Gasteiger partial charge on any atom is 0.530 e. The molecular weight excluding hydrogens is 1690 g/mol. The first-order valence-electron chi connectivity index (χ1n) is 55.5. The van der Waals surface area contributed by atoms with Crippen molar-refractivity contribution >= 4 is 25.8 Å². The molecule has 0 aliphatic carbocycles. The third-order valence-electron chi connectivity index (χ3n) is 27.3. The quantitative estimate of drug-likeness (QED) is 0.0274. The average Bonchev–Trinajstić information content (AvgIpc) is 0.755. The first-order valence-corrected chi connectivity index (χ1v) is 58.8. The molecule has 0 heterocycles. The van der Waals surface area contributed by atoms with Crippen LogP contribution in [0.4, 0.5) is 0 Å². The summed E-state index contributed by atoms with van der Waals surface area (Å²) < 4.78 is 64.8. The van der Waals surface area contributed by atoms with Crippen LogP contribution >= 0.6 is 25.8 Å². The SMILES string of the molecule is CCCCCCCCCCCCCOP(OCCCCCCCCCCCCC)Oc1cc(C)c(C(CC(C)c2cc(C(C)(C)C)c(OP(Oc3ccccc3CCCCCCCCC)Oc3ccccc3CCCCCCCCC)cc2C)c2cc(C(C)(C)C)c(OP(OCCCCCCCCCCCCC)Oc3ccccc3CCCCCCCCC)cc2C)cc1C(C)(C)C. The molecule has 6 rings (SSSR count). The molecule has 0 saturated carbocycles. The largest absolute Gasteiger partial charge is 0.530 e. The fraction of sp³-hybridized carbons (Fsp3) is 0.702. The van der Waals surface area contributed by atoms with Gasteiger partial charge in [0.1, 0.15) is 34.5 Å². The third kappa shape index (κ3) is 48.3. The lowest BCUT2D eigenvalue weighted by Gasteiger charge is -2.33. The van der Waals surface area contributed by atoms with Crippen LogP contribution in [0.1, 0.15) is 543 Å². The minimum Gasteiger partial charge on any atom is -0.426 e. The molecule has 0 fully saturated rings. The molecular formula is C121H199O9P3. The second-order valence-corrected chi connectivity index (χ2v) is 46.0. The molecule has 9 nitrogen and oxygen atoms in total. The number of benzene rings is 6. The fourth-order valence-electron chi connectivity index (χ4n) is 18.9. The van der Waals surface area contributed by atoms with Gasteiger partial charge in [-0.2, -0.15) is 0 Å². The van der Waals surface area contributed by atoms with Gasteiger partial charge in [0, 0.05) is 22.6 Å². The zero-order chi connectivity index (χ0) is 96.0. The maximum atomic E-state index is 7.50. The predicted molar refractivity (Wildman–Crippen MR) is 581 cm³/mol. The van der Waals surface area contributed by atoms with Crippen LogP contribution < -0.4 is 27.1 Å². The van der Waals surface area contributed by atoms with Crippen LogP contribution in [0.2, 0.25) is 0 Å². The Morgan fingerprint density at radius 3 is 0.722 bits per heavy atom. The van der Waals surface area contributed by atoms with Crippen molar-refractivity contribution in [1.29, 1.82) is 0 Å². The van der Waals surface area contributed by atoms with Gasteiger partial charge in [0.2, 0.25) is 0 Å². The molecule has 0 radical (unpaired) electrons. The van der Waals surface area contributed by atoms with Gasteiger partial charge in [-0.3, -0.25) is 4.52 Å². The lowest BCUT2D eigenvalue weighted by molar-refractivity contribution is 0.197. The summed E-state index contributed by atoms with van der Waals surface area (Å²) in [5, 5.41) is 0. The van der Waals surface area contributed by atoms with Crippen molar-refractivity contribution in [3.63, 3.8) is 0 Å². The van der Waals surface area contributed by atoms with E-state index >= 15 is 0 Å². The number of aryl methyl sites for hydroxylation is 6. The minimum absolute atomic E-state index is 0.0695. The Bertz CT molecular complexity index is 3850. The highest BCUT2D eigenvalue weighted by atomic mass is 31.2. The topological polar surface area (TPSA) is 83.1 Å². The van der Waals surface area contributed by atoms with Crippen molar-refractivity contribution in [2.75, 3.05) is 19.8 Å². The monoisotopic (exact) mass is 1890 g/mol. The van der Waals surface area contributed by atoms with Crippen molar-refractivity contribution in [2.24, 2.45) is 0 Å². The first kappa shape index (κ1) is 117. The van der Waals surface area contributed by atoms with Crippen molar-refractivity contribution in [3.05, 3.63) is 176 Å². The highest BCUT2D eigenvalue weighted by molar-refractivity contribution is 7.43. The van der Waals surface area contributed by atoms with E-state index in [0.717, 1.165) is 135 Å². The van der Waals surface area contributed by atoms with Gasteiger partial charge in [-0.05, 0) is 194 Å². The summed E-state index contributed by atoms with van der Waals surface area (Å²) in [6.07, 6.45) is 72.3. The molecule has 752 valence electrons. The molecule has 0 spiro atoms. The van der Waals surface area contributed by atoms with Crippen LogP contribution in [-0.2, 0) is 49.1 Å². The second-order valence-electron chi connectivity index (χ2n) is 42.8. The summed E-state index contributed by atoms with van der Waals surface area (Å²) in [5.41, 5.74) is 13.5. The summed E-state index contributed by atoms with van der Waals surface area (Å²) >= 11 is 0. The summed E-state index contributed by atoms with van der Waals surface area (Å²) in [4.78, 5) is 0. The Hall–Kier alpha value is -4.71. The van der Waals surface area contributed by atoms with Gasteiger partial charge >= 0.3 is 25.8 Å². The number of hydrogen-bond donors (Lipinski definition) is 0. The number of hydrogen-bond acceptors (Lipinski definition) is 9. The van der Waals surface area contributed by atoms with Crippen LogP contribution in [-0.4, -0.2) is 19.8 Å². The normalized spacial score (nSPS) is 12.8. The van der Waals surface area contributed by atoms with Crippen LogP contribution in [0.25, 0.3) is 0 Å². The van der Waals surface area contributed by atoms with Crippen molar-refractivity contribution in [3.8, 4) is 34.5 Å². The van der Waals surface area contributed by atoms with Crippen molar-refractivity contribution in [2.45, 2.75) is 532 Å². The maximum absolute atomic E-state index is 7.50. The first-order chi connectivity index (χ1) is 64.4. The zero-order valence-electron chi connectivity index (χ0n) is 89.2. The van der Waals surface area contributed by atoms with E-state index < -0.39 is 25.8 Å². The van der Waals surface area contributed by atoms with Gasteiger partial charge in [0.05, 0.1) is 19.8 Å². The van der Waals surface area contributed by atoms with Crippen LogP contribution in [0.3, 0.4) is 0 Å². The van der Waals surface area contributed by atoms with Gasteiger partial charge in [-0.1, -0.05) is 492 Å². The molecule has 6 aromatic carbocycles. The minimum atomic E-state index is -2.00. The molecule has 6 aromatic rings. The van der Waals surface area contributed by atoms with Crippen LogP contribution in [0, 0.1) is 20.8 Å². The van der Waals surface area contributed by atoms with Gasteiger partial charge in [0.25, 0.3) is 0 Å². The molecule has 3 atom stereocenters. The van der Waals surface area contributed by atoms with Crippen LogP contribution in [0.15, 0.2) is 109 Å². The molecule has 0 saturated heterocycles. The predicted octanol–water partition coefficient (Wildman–Crippen LogP) is 41.7. The smallest absolute Gasteiger partial charge is 0.426 e. The lowest BCUT2D eigenvalue weighted by atomic mass is 9.74. The Morgan fingerprint density at radius 1 is 0.233 bits per heavy atom. The fourth-order valence-corrected chi connectivity index (χ4v) is 22.1. The summed E-state index contributed by atoms with van der Waals surface area (Å²) in [6, 6.07) is 40.5. The van der Waals surface area contributed by atoms with E-state index in [0.29, 0.717) is 19.8 Å². The molecule has 0 bridgehead atoms. The van der Waals surface area contributed by atoms with Crippen LogP contribution in [0.5, 0.6) is 34.5 Å². The number of unbranched alkanes of at least 4 members (excludes halogenated alkanes) is 48. The van der Waals surface area contributed by atoms with Crippen molar-refractivity contribution < 1.29 is 40.7 Å². The average molecular weight is 1890 g/mol. The zero-order valence-corrected chi connectivity index (χ0v) is 91.9. The standard InChI is InChI=1S/C121H199O9P3/c1-20-26-32-38-44-47-50-53-59-65-77-89-122-131(123-90-78-66-60-54-51-48-45-39-33-27-21-2)128-116-94-101(9)107(97-111(116)120(14,15)16)109(108-98-112(121(17,18)19)117(95-102(108)10)129-132(124-91-79-67-61-55-52-49-46-40-34-28-22-3)125-113-86-74-71-83-103(113)80-68-62-56-41-35-29-23-4)92-99(7)106-96-110(119(11,12)13)118(93-100(106)8)130-133(126-114-87-75-72-84-104(114)81-69-63-57-42-36-30-24-5)127-115-88-76-73-85-105(115)82-70-64-58-43-37-31-25-6/h71-76,83-88,93-99,109H,20-70,77-82,89-92H2,1-19H3. The van der Waals surface area contributed by atoms with Crippen molar-refractivity contribution in [1.82, 2.24) is 0 Å². The Balaban J connectivity index is 1.47. The Labute approximate surface area is 823 Å². The van der Waals surface area contributed by atoms with E-state index in [9.17, 15) is 0 Å². The summed E-state index contributed by atoms with van der Waals surface area (Å²) in [7, 11) is -5.57. The van der Waals surface area contributed by atoms with Gasteiger partial charge in [-0.25, -0.2) is 0 Å². The van der Waals surface area contributed by atoms with Gasteiger partial charge in [-0.15, -0.1) is 0 Å². The molecule has 0 N–H and O–H groups in total. The van der Waals surface area contributed by atoms with E-state index in [1.165, 1.54) is 339 Å². The van der Waals surface area contributed by atoms with E-state index in [4.69, 9.17) is 40.7 Å². The Kier molecular flexibility index (Phi) is 61.6. The molecule has 12 heteroatoms. The third-order valence-corrected chi connectivity index (χ3v) is 30.6.